The molecule has 0 spiro atoms. The fraction of sp³-hybridized carbons (Fsp3) is 0.263. The number of aromatic nitrogens is 3. The molecule has 0 aliphatic heterocycles. The molecular formula is C19H20N4O3. The van der Waals surface area contributed by atoms with Crippen molar-refractivity contribution in [1.29, 1.82) is 0 Å². The van der Waals surface area contributed by atoms with E-state index in [9.17, 15) is 9.59 Å². The molecule has 1 aromatic carbocycles. The summed E-state index contributed by atoms with van der Waals surface area (Å²) >= 11 is 0. The Labute approximate surface area is 150 Å². The molecule has 1 amide bonds. The van der Waals surface area contributed by atoms with Crippen molar-refractivity contribution in [3.05, 3.63) is 48.2 Å². The van der Waals surface area contributed by atoms with Crippen molar-refractivity contribution in [1.82, 2.24) is 20.1 Å². The number of benzene rings is 1. The minimum Gasteiger partial charge on any atom is -0.480 e. The van der Waals surface area contributed by atoms with Gasteiger partial charge in [0.1, 0.15) is 6.04 Å². The van der Waals surface area contributed by atoms with Crippen LogP contribution in [0.1, 0.15) is 37.2 Å². The predicted molar refractivity (Wildman–Crippen MR) is 97.9 cm³/mol. The van der Waals surface area contributed by atoms with Crippen LogP contribution >= 0.6 is 0 Å². The smallest absolute Gasteiger partial charge is 0.325 e. The molecule has 2 heterocycles. The lowest BCUT2D eigenvalue weighted by molar-refractivity contribution is -0.138. The number of carboxylic acid groups (broad SMARTS) is 1. The third-order valence-electron chi connectivity index (χ3n) is 4.09. The number of nitrogens with zero attached hydrogens (tertiary/aromatic N) is 3. The van der Waals surface area contributed by atoms with Crippen molar-refractivity contribution in [2.45, 2.75) is 32.9 Å². The lowest BCUT2D eigenvalue weighted by Gasteiger charge is -2.12. The van der Waals surface area contributed by atoms with Gasteiger partial charge in [0.25, 0.3) is 5.91 Å². The number of hydrogen-bond donors (Lipinski definition) is 2. The molecule has 134 valence electrons. The number of carbonyl (C=O) groups excluding carboxylic acids is 1. The zero-order valence-electron chi connectivity index (χ0n) is 14.8. The largest absolute Gasteiger partial charge is 0.480 e. The highest BCUT2D eigenvalue weighted by molar-refractivity contribution is 6.07. The fourth-order valence-electron chi connectivity index (χ4n) is 2.68. The van der Waals surface area contributed by atoms with Gasteiger partial charge in [-0.15, -0.1) is 0 Å². The van der Waals surface area contributed by atoms with Gasteiger partial charge < -0.3 is 10.4 Å². The van der Waals surface area contributed by atoms with E-state index < -0.39 is 17.9 Å². The average molecular weight is 352 g/mol. The van der Waals surface area contributed by atoms with Crippen LogP contribution in [-0.2, 0) is 4.79 Å². The van der Waals surface area contributed by atoms with Crippen molar-refractivity contribution in [3.63, 3.8) is 0 Å². The van der Waals surface area contributed by atoms with E-state index in [1.54, 1.807) is 16.9 Å². The van der Waals surface area contributed by atoms with Gasteiger partial charge in [-0.25, -0.2) is 9.67 Å². The van der Waals surface area contributed by atoms with Crippen LogP contribution in [0.4, 0.5) is 0 Å². The van der Waals surface area contributed by atoms with E-state index in [1.165, 1.54) is 6.92 Å². The Morgan fingerprint density at radius 1 is 1.15 bits per heavy atom. The number of hydrogen-bond acceptors (Lipinski definition) is 4. The van der Waals surface area contributed by atoms with Gasteiger partial charge in [0.05, 0.1) is 22.8 Å². The molecule has 0 radical (unpaired) electrons. The van der Waals surface area contributed by atoms with Crippen LogP contribution in [0.15, 0.2) is 42.6 Å². The molecule has 3 rings (SSSR count). The second-order valence-corrected chi connectivity index (χ2v) is 6.37. The molecule has 7 nitrogen and oxygen atoms in total. The van der Waals surface area contributed by atoms with E-state index in [4.69, 9.17) is 5.11 Å². The minimum atomic E-state index is -1.09. The number of aliphatic carboxylic acids is 1. The normalized spacial score (nSPS) is 12.3. The molecule has 2 N–H and O–H groups in total. The van der Waals surface area contributed by atoms with Crippen LogP contribution in [0.2, 0.25) is 0 Å². The first-order chi connectivity index (χ1) is 12.4. The number of carboxylic acids is 1. The minimum absolute atomic E-state index is 0.0693. The lowest BCUT2D eigenvalue weighted by atomic mass is 10.1. The van der Waals surface area contributed by atoms with Gasteiger partial charge in [-0.3, -0.25) is 9.59 Å². The van der Waals surface area contributed by atoms with E-state index in [2.05, 4.69) is 15.4 Å². The standard InChI is InChI=1S/C19H20N4O3/c1-11(2)23-17-15(10-20-23)14(18(24)21-12(3)19(25)26)9-16(22-17)13-7-5-4-6-8-13/h4-12H,1-3H3,(H,21,24)(H,25,26)/t12-/m1/s1. The fourth-order valence-corrected chi connectivity index (χ4v) is 2.68. The number of carbonyl (C=O) groups is 2. The van der Waals surface area contributed by atoms with Crippen LogP contribution in [0, 0.1) is 0 Å². The molecule has 26 heavy (non-hydrogen) atoms. The van der Waals surface area contributed by atoms with E-state index in [-0.39, 0.29) is 6.04 Å². The maximum atomic E-state index is 12.7. The summed E-state index contributed by atoms with van der Waals surface area (Å²) in [4.78, 5) is 28.5. The summed E-state index contributed by atoms with van der Waals surface area (Å²) in [6, 6.07) is 10.3. The van der Waals surface area contributed by atoms with Gasteiger partial charge in [-0.2, -0.15) is 5.10 Å². The Morgan fingerprint density at radius 2 is 1.85 bits per heavy atom. The second-order valence-electron chi connectivity index (χ2n) is 6.37. The molecular weight excluding hydrogens is 332 g/mol. The summed E-state index contributed by atoms with van der Waals surface area (Å²) in [5, 5.41) is 16.5. The van der Waals surface area contributed by atoms with Gasteiger partial charge in [0.2, 0.25) is 0 Å². The zero-order chi connectivity index (χ0) is 18.8. The Morgan fingerprint density at radius 3 is 2.46 bits per heavy atom. The van der Waals surface area contributed by atoms with Crippen LogP contribution in [0.3, 0.4) is 0 Å². The molecule has 0 saturated heterocycles. The number of fused-ring (bicyclic) bond motifs is 1. The van der Waals surface area contributed by atoms with Crippen molar-refractivity contribution >= 4 is 22.9 Å². The van der Waals surface area contributed by atoms with E-state index in [0.29, 0.717) is 22.3 Å². The van der Waals surface area contributed by atoms with Gasteiger partial charge in [-0.05, 0) is 26.8 Å². The SMILES string of the molecule is CC(C)n1ncc2c(C(=O)N[C@H](C)C(=O)O)cc(-c3ccccc3)nc21. The molecule has 7 heteroatoms. The molecule has 0 fully saturated rings. The Kier molecular flexibility index (Phi) is 4.71. The second kappa shape index (κ2) is 6.95. The van der Waals surface area contributed by atoms with Crippen molar-refractivity contribution in [3.8, 4) is 11.3 Å². The third kappa shape index (κ3) is 3.28. The third-order valence-corrected chi connectivity index (χ3v) is 4.09. The highest BCUT2D eigenvalue weighted by Gasteiger charge is 2.21. The Balaban J connectivity index is 2.17. The van der Waals surface area contributed by atoms with Crippen molar-refractivity contribution < 1.29 is 14.7 Å². The van der Waals surface area contributed by atoms with E-state index in [0.717, 1.165) is 5.56 Å². The van der Waals surface area contributed by atoms with Gasteiger partial charge in [0.15, 0.2) is 5.65 Å². The number of pyridine rings is 1. The summed E-state index contributed by atoms with van der Waals surface area (Å²) in [6.45, 7) is 5.39. The quantitative estimate of drug-likeness (QED) is 0.736. The van der Waals surface area contributed by atoms with Gasteiger partial charge >= 0.3 is 5.97 Å². The number of rotatable bonds is 5. The molecule has 0 unspecified atom stereocenters. The molecule has 1 atom stereocenters. The molecule has 0 bridgehead atoms. The Bertz CT molecular complexity index is 964. The predicted octanol–water partition coefficient (Wildman–Crippen LogP) is 2.88. The molecule has 2 aromatic heterocycles. The monoisotopic (exact) mass is 352 g/mol. The summed E-state index contributed by atoms with van der Waals surface area (Å²) in [5.41, 5.74) is 2.45. The first kappa shape index (κ1) is 17.6. The van der Waals surface area contributed by atoms with E-state index in [1.807, 2.05) is 44.2 Å². The average Bonchev–Trinajstić information content (AvgIpc) is 3.05. The van der Waals surface area contributed by atoms with Gasteiger partial charge in [0, 0.05) is 11.6 Å². The van der Waals surface area contributed by atoms with Crippen LogP contribution < -0.4 is 5.32 Å². The molecule has 3 aromatic rings. The van der Waals surface area contributed by atoms with Crippen LogP contribution in [0.5, 0.6) is 0 Å². The molecule has 0 saturated carbocycles. The summed E-state index contributed by atoms with van der Waals surface area (Å²) in [6.07, 6.45) is 1.59. The van der Waals surface area contributed by atoms with Gasteiger partial charge in [-0.1, -0.05) is 30.3 Å². The summed E-state index contributed by atoms with van der Waals surface area (Å²) in [5.74, 6) is -1.56. The summed E-state index contributed by atoms with van der Waals surface area (Å²) in [7, 11) is 0. The van der Waals surface area contributed by atoms with Crippen LogP contribution in [-0.4, -0.2) is 37.8 Å². The molecule has 0 aliphatic rings. The zero-order valence-corrected chi connectivity index (χ0v) is 14.8. The Hall–Kier alpha value is -3.22. The first-order valence-electron chi connectivity index (χ1n) is 8.36. The number of amides is 1. The van der Waals surface area contributed by atoms with E-state index >= 15 is 0 Å². The maximum absolute atomic E-state index is 12.7. The lowest BCUT2D eigenvalue weighted by Crippen LogP contribution is -2.38. The topological polar surface area (TPSA) is 97.1 Å². The first-order valence-corrected chi connectivity index (χ1v) is 8.36. The van der Waals surface area contributed by atoms with Crippen molar-refractivity contribution in [2.75, 3.05) is 0 Å². The maximum Gasteiger partial charge on any atom is 0.325 e. The summed E-state index contributed by atoms with van der Waals surface area (Å²) < 4.78 is 1.75. The highest BCUT2D eigenvalue weighted by Crippen LogP contribution is 2.26. The number of nitrogens with one attached hydrogen (secondary N) is 1. The molecule has 0 aliphatic carbocycles. The van der Waals surface area contributed by atoms with Crippen molar-refractivity contribution in [2.24, 2.45) is 0 Å². The van der Waals surface area contributed by atoms with Crippen LogP contribution in [0.25, 0.3) is 22.3 Å². The highest BCUT2D eigenvalue weighted by atomic mass is 16.4.